The Morgan fingerprint density at radius 2 is 1.95 bits per heavy atom. The summed E-state index contributed by atoms with van der Waals surface area (Å²) in [7, 11) is 0. The van der Waals surface area contributed by atoms with Crippen LogP contribution in [0.5, 0.6) is 0 Å². The molecule has 0 bridgehead atoms. The summed E-state index contributed by atoms with van der Waals surface area (Å²) in [6.45, 7) is 0.531. The van der Waals surface area contributed by atoms with Gasteiger partial charge in [0.2, 0.25) is 6.29 Å². The third-order valence-electron chi connectivity index (χ3n) is 3.04. The number of hydrogen-bond donors (Lipinski definition) is 1. The molecule has 0 saturated carbocycles. The molecule has 8 heteroatoms. The molecule has 0 radical (unpaired) electrons. The minimum atomic E-state index is -3.81. The van der Waals surface area contributed by atoms with E-state index in [-0.39, 0.29) is 5.56 Å². The van der Waals surface area contributed by atoms with Crippen molar-refractivity contribution < 1.29 is 37.7 Å². The molecule has 1 N–H and O–H groups in total. The van der Waals surface area contributed by atoms with Gasteiger partial charge in [-0.3, -0.25) is 4.79 Å². The van der Waals surface area contributed by atoms with E-state index in [0.29, 0.717) is 0 Å². The monoisotopic (exact) mass is 316 g/mol. The molecule has 1 aliphatic heterocycles. The maximum absolute atomic E-state index is 13.9. The first-order valence-electron chi connectivity index (χ1n) is 6.43. The van der Waals surface area contributed by atoms with Crippen LogP contribution >= 0.6 is 0 Å². The molecule has 0 unspecified atom stereocenters. The van der Waals surface area contributed by atoms with Gasteiger partial charge in [0.15, 0.2) is 6.10 Å². The number of ether oxygens (including phenoxy) is 3. The highest BCUT2D eigenvalue weighted by Gasteiger charge is 2.61. The van der Waals surface area contributed by atoms with E-state index in [2.05, 4.69) is 9.47 Å². The Balaban J connectivity index is 2.13. The summed E-state index contributed by atoms with van der Waals surface area (Å²) >= 11 is 0. The van der Waals surface area contributed by atoms with Crippen molar-refractivity contribution >= 4 is 11.9 Å². The number of carbonyl (C=O) groups excluding carboxylic acids is 2. The maximum atomic E-state index is 13.9. The van der Waals surface area contributed by atoms with Gasteiger partial charge < -0.3 is 19.3 Å². The molecular weight excluding hydrogens is 302 g/mol. The van der Waals surface area contributed by atoms with E-state index in [1.807, 2.05) is 0 Å². The molecule has 1 aromatic carbocycles. The Morgan fingerprint density at radius 1 is 1.32 bits per heavy atom. The van der Waals surface area contributed by atoms with E-state index >= 15 is 0 Å². The van der Waals surface area contributed by atoms with Crippen LogP contribution < -0.4 is 0 Å². The Bertz CT molecular complexity index is 548. The van der Waals surface area contributed by atoms with Gasteiger partial charge in [0, 0.05) is 6.92 Å². The number of aliphatic hydroxyl groups is 1. The number of halogens is 2. The fourth-order valence-electron chi connectivity index (χ4n) is 1.95. The van der Waals surface area contributed by atoms with Crippen molar-refractivity contribution in [2.45, 2.75) is 31.3 Å². The fourth-order valence-corrected chi connectivity index (χ4v) is 1.95. The number of alkyl halides is 2. The van der Waals surface area contributed by atoms with E-state index in [0.717, 1.165) is 6.92 Å². The average Bonchev–Trinajstić information content (AvgIpc) is 2.69. The molecule has 1 aromatic rings. The molecular formula is C14H14F2O6. The number of esters is 2. The van der Waals surface area contributed by atoms with Crippen molar-refractivity contribution in [1.82, 2.24) is 0 Å². The third-order valence-corrected chi connectivity index (χ3v) is 3.04. The second-order valence-electron chi connectivity index (χ2n) is 4.70. The molecule has 1 heterocycles. The molecule has 0 spiro atoms. The van der Waals surface area contributed by atoms with Gasteiger partial charge in [-0.2, -0.15) is 8.78 Å². The van der Waals surface area contributed by atoms with Crippen LogP contribution in [0, 0.1) is 0 Å². The summed E-state index contributed by atoms with van der Waals surface area (Å²) in [5, 5.41) is 9.24. The van der Waals surface area contributed by atoms with Crippen LogP contribution in [0.3, 0.4) is 0 Å². The van der Waals surface area contributed by atoms with Gasteiger partial charge in [-0.25, -0.2) is 4.79 Å². The van der Waals surface area contributed by atoms with Crippen LogP contribution in [0.2, 0.25) is 0 Å². The minimum absolute atomic E-state index is 0.0749. The lowest BCUT2D eigenvalue weighted by Crippen LogP contribution is -2.44. The van der Waals surface area contributed by atoms with Crippen LogP contribution in [-0.2, 0) is 19.0 Å². The number of rotatable bonds is 4. The zero-order chi connectivity index (χ0) is 16.3. The second-order valence-corrected chi connectivity index (χ2v) is 4.70. The molecule has 0 aliphatic carbocycles. The third kappa shape index (κ3) is 3.40. The average molecular weight is 316 g/mol. The van der Waals surface area contributed by atoms with Gasteiger partial charge in [-0.15, -0.1) is 0 Å². The highest BCUT2D eigenvalue weighted by molar-refractivity contribution is 5.89. The predicted molar refractivity (Wildman–Crippen MR) is 68.1 cm³/mol. The topological polar surface area (TPSA) is 82.1 Å². The molecule has 1 saturated heterocycles. The standard InChI is InChI=1S/C14H14F2O6/c1-8(17)20-7-10-11(14(15,16)13(19)21-10)22-12(18)9-5-3-2-4-6-9/h2-6,10-11,13,19H,7H2,1H3/t10-,11-,13+/m1/s1. The van der Waals surface area contributed by atoms with E-state index < -0.39 is 43.0 Å². The smallest absolute Gasteiger partial charge is 0.338 e. The van der Waals surface area contributed by atoms with Crippen molar-refractivity contribution in [3.8, 4) is 0 Å². The van der Waals surface area contributed by atoms with Crippen molar-refractivity contribution in [2.24, 2.45) is 0 Å². The van der Waals surface area contributed by atoms with Crippen molar-refractivity contribution in [2.75, 3.05) is 6.61 Å². The molecule has 0 amide bonds. The van der Waals surface area contributed by atoms with E-state index in [4.69, 9.17) is 4.74 Å². The van der Waals surface area contributed by atoms with Crippen LogP contribution in [0.25, 0.3) is 0 Å². The largest absolute Gasteiger partial charge is 0.463 e. The van der Waals surface area contributed by atoms with Gasteiger partial charge in [0.1, 0.15) is 12.7 Å². The van der Waals surface area contributed by atoms with Gasteiger partial charge >= 0.3 is 17.9 Å². The first-order valence-corrected chi connectivity index (χ1v) is 6.43. The molecule has 1 fully saturated rings. The van der Waals surface area contributed by atoms with E-state index in [1.165, 1.54) is 12.1 Å². The Hall–Kier alpha value is -2.06. The van der Waals surface area contributed by atoms with Crippen molar-refractivity contribution in [3.63, 3.8) is 0 Å². The molecule has 22 heavy (non-hydrogen) atoms. The number of aliphatic hydroxyl groups excluding tert-OH is 1. The predicted octanol–water partition coefficient (Wildman–Crippen LogP) is 1.13. The minimum Gasteiger partial charge on any atom is -0.463 e. The van der Waals surface area contributed by atoms with Gasteiger partial charge in [0.05, 0.1) is 5.56 Å². The van der Waals surface area contributed by atoms with E-state index in [1.54, 1.807) is 18.2 Å². The van der Waals surface area contributed by atoms with Crippen LogP contribution in [0.1, 0.15) is 17.3 Å². The Kier molecular flexibility index (Phi) is 4.72. The first-order chi connectivity index (χ1) is 10.3. The highest BCUT2D eigenvalue weighted by atomic mass is 19.3. The lowest BCUT2D eigenvalue weighted by atomic mass is 10.1. The molecule has 1 aliphatic rings. The lowest BCUT2D eigenvalue weighted by Gasteiger charge is -2.22. The molecule has 0 aromatic heterocycles. The molecule has 2 rings (SSSR count). The van der Waals surface area contributed by atoms with E-state index in [9.17, 15) is 23.5 Å². The fraction of sp³-hybridized carbons (Fsp3) is 0.429. The zero-order valence-corrected chi connectivity index (χ0v) is 11.6. The summed E-state index contributed by atoms with van der Waals surface area (Å²) in [5.41, 5.74) is 0.0749. The summed E-state index contributed by atoms with van der Waals surface area (Å²) < 4.78 is 41.7. The number of benzene rings is 1. The number of carbonyl (C=O) groups is 2. The van der Waals surface area contributed by atoms with Crippen LogP contribution in [-0.4, -0.2) is 48.1 Å². The van der Waals surface area contributed by atoms with Crippen LogP contribution in [0.4, 0.5) is 8.78 Å². The lowest BCUT2D eigenvalue weighted by molar-refractivity contribution is -0.199. The summed E-state index contributed by atoms with van der Waals surface area (Å²) in [6, 6.07) is 7.54. The van der Waals surface area contributed by atoms with Crippen molar-refractivity contribution in [1.29, 1.82) is 0 Å². The molecule has 120 valence electrons. The Labute approximate surface area is 124 Å². The summed E-state index contributed by atoms with van der Waals surface area (Å²) in [5.74, 6) is -5.51. The first kappa shape index (κ1) is 16.3. The quantitative estimate of drug-likeness (QED) is 0.839. The zero-order valence-electron chi connectivity index (χ0n) is 11.6. The summed E-state index contributed by atoms with van der Waals surface area (Å²) in [6.07, 6.45) is -5.96. The maximum Gasteiger partial charge on any atom is 0.338 e. The Morgan fingerprint density at radius 3 is 2.55 bits per heavy atom. The SMILES string of the molecule is CC(=O)OC[C@H]1O[C@H](O)C(F)(F)[C@@H]1OC(=O)c1ccccc1. The molecule has 3 atom stereocenters. The molecule has 6 nitrogen and oxygen atoms in total. The highest BCUT2D eigenvalue weighted by Crippen LogP contribution is 2.37. The van der Waals surface area contributed by atoms with Gasteiger partial charge in [0.25, 0.3) is 0 Å². The normalized spacial score (nSPS) is 26.5. The number of hydrogen-bond acceptors (Lipinski definition) is 6. The van der Waals surface area contributed by atoms with Gasteiger partial charge in [-0.05, 0) is 12.1 Å². The van der Waals surface area contributed by atoms with Crippen LogP contribution in [0.15, 0.2) is 30.3 Å². The second kappa shape index (κ2) is 6.37. The summed E-state index contributed by atoms with van der Waals surface area (Å²) in [4.78, 5) is 22.6. The van der Waals surface area contributed by atoms with Crippen molar-refractivity contribution in [3.05, 3.63) is 35.9 Å². The van der Waals surface area contributed by atoms with Gasteiger partial charge in [-0.1, -0.05) is 18.2 Å².